The van der Waals surface area contributed by atoms with Gasteiger partial charge in [-0.3, -0.25) is 0 Å². The minimum Gasteiger partial charge on any atom is -0.316 e. The molecule has 0 fully saturated rings. The van der Waals surface area contributed by atoms with Crippen LogP contribution in [-0.4, -0.2) is 7.05 Å². The first-order valence-electron chi connectivity index (χ1n) is 5.50. The molecule has 0 atom stereocenters. The van der Waals surface area contributed by atoms with E-state index in [0.717, 1.165) is 6.54 Å². The van der Waals surface area contributed by atoms with E-state index in [9.17, 15) is 0 Å². The molecule has 0 bridgehead atoms. The molecule has 0 spiro atoms. The third kappa shape index (κ3) is 4.25. The number of rotatable bonds is 4. The Hall–Kier alpha value is -0.340. The first-order valence-corrected chi connectivity index (χ1v) is 6.32. The molecular formula is C12H23NS. The average Bonchev–Trinajstić information content (AvgIpc) is 2.51. The van der Waals surface area contributed by atoms with Gasteiger partial charge >= 0.3 is 0 Å². The summed E-state index contributed by atoms with van der Waals surface area (Å²) in [4.78, 5) is 2.99. The van der Waals surface area contributed by atoms with Crippen molar-refractivity contribution in [1.82, 2.24) is 5.32 Å². The van der Waals surface area contributed by atoms with E-state index in [2.05, 4.69) is 25.2 Å². The second kappa shape index (κ2) is 8.01. The third-order valence-electron chi connectivity index (χ3n) is 1.86. The lowest BCUT2D eigenvalue weighted by molar-refractivity contribution is 0.803. The Labute approximate surface area is 92.5 Å². The quantitative estimate of drug-likeness (QED) is 0.803. The van der Waals surface area contributed by atoms with Crippen molar-refractivity contribution in [3.8, 4) is 0 Å². The van der Waals surface area contributed by atoms with E-state index in [1.165, 1.54) is 23.3 Å². The molecule has 1 N–H and O–H groups in total. The zero-order valence-corrected chi connectivity index (χ0v) is 10.9. The molecular weight excluding hydrogens is 190 g/mol. The molecule has 1 heterocycles. The second-order valence-corrected chi connectivity index (χ2v) is 4.43. The van der Waals surface area contributed by atoms with Crippen molar-refractivity contribution in [3.05, 3.63) is 21.4 Å². The number of nitrogens with one attached hydrogen (secondary N) is 1. The van der Waals surface area contributed by atoms with Crippen LogP contribution < -0.4 is 5.32 Å². The van der Waals surface area contributed by atoms with Gasteiger partial charge in [0.05, 0.1) is 0 Å². The zero-order chi connectivity index (χ0) is 11.0. The Bertz CT molecular complexity index is 217. The normalized spacial score (nSPS) is 9.50. The standard InChI is InChI=1S/C10H17NS.C2H6/c1-4-5-10-9(7-11-3)6-8(2)12-10;1-2/h6,11H,4-5,7H2,1-3H3;1-2H3. The van der Waals surface area contributed by atoms with Gasteiger partial charge in [0, 0.05) is 16.3 Å². The van der Waals surface area contributed by atoms with E-state index in [1.807, 2.05) is 32.2 Å². The maximum absolute atomic E-state index is 3.20. The van der Waals surface area contributed by atoms with Crippen LogP contribution in [0, 0.1) is 6.92 Å². The van der Waals surface area contributed by atoms with Gasteiger partial charge in [-0.2, -0.15) is 0 Å². The van der Waals surface area contributed by atoms with E-state index < -0.39 is 0 Å². The Morgan fingerprint density at radius 1 is 1.36 bits per heavy atom. The smallest absolute Gasteiger partial charge is 0.0213 e. The molecule has 1 aromatic heterocycles. The number of hydrogen-bond donors (Lipinski definition) is 1. The lowest BCUT2D eigenvalue weighted by atomic mass is 10.2. The fraction of sp³-hybridized carbons (Fsp3) is 0.667. The van der Waals surface area contributed by atoms with E-state index in [4.69, 9.17) is 0 Å². The van der Waals surface area contributed by atoms with Gasteiger partial charge in [0.25, 0.3) is 0 Å². The van der Waals surface area contributed by atoms with Gasteiger partial charge in [-0.1, -0.05) is 27.2 Å². The summed E-state index contributed by atoms with van der Waals surface area (Å²) in [7, 11) is 2.00. The Morgan fingerprint density at radius 3 is 2.50 bits per heavy atom. The summed E-state index contributed by atoms with van der Waals surface area (Å²) in [5.41, 5.74) is 1.49. The van der Waals surface area contributed by atoms with Crippen LogP contribution in [0.5, 0.6) is 0 Å². The SMILES string of the molecule is CC.CCCc1sc(C)cc1CNC. The van der Waals surface area contributed by atoms with Crippen molar-refractivity contribution in [1.29, 1.82) is 0 Å². The first-order chi connectivity index (χ1) is 6.77. The van der Waals surface area contributed by atoms with Crippen molar-refractivity contribution in [3.63, 3.8) is 0 Å². The van der Waals surface area contributed by atoms with Crippen molar-refractivity contribution in [2.45, 2.75) is 47.1 Å². The van der Waals surface area contributed by atoms with Crippen molar-refractivity contribution < 1.29 is 0 Å². The largest absolute Gasteiger partial charge is 0.316 e. The van der Waals surface area contributed by atoms with Gasteiger partial charge < -0.3 is 5.32 Å². The number of thiophene rings is 1. The van der Waals surface area contributed by atoms with Crippen LogP contribution in [-0.2, 0) is 13.0 Å². The molecule has 0 saturated heterocycles. The Morgan fingerprint density at radius 2 is 2.00 bits per heavy atom. The molecule has 82 valence electrons. The lowest BCUT2D eigenvalue weighted by Crippen LogP contribution is -2.05. The predicted molar refractivity (Wildman–Crippen MR) is 67.2 cm³/mol. The van der Waals surface area contributed by atoms with Crippen LogP contribution >= 0.6 is 11.3 Å². The molecule has 0 amide bonds. The van der Waals surface area contributed by atoms with Crippen molar-refractivity contribution in [2.24, 2.45) is 0 Å². The predicted octanol–water partition coefficient (Wildman–Crippen LogP) is 3.75. The third-order valence-corrected chi connectivity index (χ3v) is 3.02. The van der Waals surface area contributed by atoms with Gasteiger partial charge in [-0.05, 0) is 32.0 Å². The molecule has 0 unspecified atom stereocenters. The minimum atomic E-state index is 1.01. The summed E-state index contributed by atoms with van der Waals surface area (Å²) in [5, 5.41) is 3.20. The molecule has 1 aromatic rings. The maximum Gasteiger partial charge on any atom is 0.0213 e. The maximum atomic E-state index is 3.20. The van der Waals surface area contributed by atoms with Crippen molar-refractivity contribution in [2.75, 3.05) is 7.05 Å². The molecule has 0 aliphatic heterocycles. The second-order valence-electron chi connectivity index (χ2n) is 3.09. The minimum absolute atomic E-state index is 1.01. The van der Waals surface area contributed by atoms with Crippen LogP contribution in [0.25, 0.3) is 0 Å². The zero-order valence-electron chi connectivity index (χ0n) is 10.1. The van der Waals surface area contributed by atoms with E-state index in [1.54, 1.807) is 4.88 Å². The molecule has 1 nitrogen and oxygen atoms in total. The molecule has 1 rings (SSSR count). The highest BCUT2D eigenvalue weighted by Gasteiger charge is 2.04. The fourth-order valence-corrected chi connectivity index (χ4v) is 2.55. The molecule has 0 saturated carbocycles. The molecule has 0 aromatic carbocycles. The summed E-state index contributed by atoms with van der Waals surface area (Å²) in [5.74, 6) is 0. The average molecular weight is 213 g/mol. The van der Waals surface area contributed by atoms with Crippen molar-refractivity contribution >= 4 is 11.3 Å². The van der Waals surface area contributed by atoms with Crippen LogP contribution in [0.2, 0.25) is 0 Å². The monoisotopic (exact) mass is 213 g/mol. The summed E-state index contributed by atoms with van der Waals surface area (Å²) in [6.07, 6.45) is 2.48. The van der Waals surface area contributed by atoms with E-state index in [0.29, 0.717) is 0 Å². The molecule has 0 radical (unpaired) electrons. The number of hydrogen-bond acceptors (Lipinski definition) is 2. The fourth-order valence-electron chi connectivity index (χ4n) is 1.39. The van der Waals surface area contributed by atoms with Crippen LogP contribution in [0.1, 0.15) is 42.5 Å². The Balaban J connectivity index is 0.000000791. The van der Waals surface area contributed by atoms with Gasteiger partial charge in [0.1, 0.15) is 0 Å². The lowest BCUT2D eigenvalue weighted by Gasteiger charge is -1.99. The highest BCUT2D eigenvalue weighted by molar-refractivity contribution is 7.12. The molecule has 0 aliphatic carbocycles. The van der Waals surface area contributed by atoms with Gasteiger partial charge in [-0.25, -0.2) is 0 Å². The van der Waals surface area contributed by atoms with Gasteiger partial charge in [0.15, 0.2) is 0 Å². The first kappa shape index (κ1) is 13.7. The number of aryl methyl sites for hydroxylation is 2. The summed E-state index contributed by atoms with van der Waals surface area (Å²) in [6, 6.07) is 2.30. The van der Waals surface area contributed by atoms with Crippen LogP contribution in [0.4, 0.5) is 0 Å². The van der Waals surface area contributed by atoms with Gasteiger partial charge in [0.2, 0.25) is 0 Å². The van der Waals surface area contributed by atoms with E-state index in [-0.39, 0.29) is 0 Å². The Kier molecular flexibility index (Phi) is 7.81. The highest BCUT2D eigenvalue weighted by Crippen LogP contribution is 2.22. The summed E-state index contributed by atoms with van der Waals surface area (Å²) in [6.45, 7) is 9.43. The summed E-state index contributed by atoms with van der Waals surface area (Å²) < 4.78 is 0. The molecule has 14 heavy (non-hydrogen) atoms. The van der Waals surface area contributed by atoms with E-state index >= 15 is 0 Å². The molecule has 0 aliphatic rings. The highest BCUT2D eigenvalue weighted by atomic mass is 32.1. The van der Waals surface area contributed by atoms with Crippen LogP contribution in [0.3, 0.4) is 0 Å². The summed E-state index contributed by atoms with van der Waals surface area (Å²) >= 11 is 1.94. The van der Waals surface area contributed by atoms with Gasteiger partial charge in [-0.15, -0.1) is 11.3 Å². The van der Waals surface area contributed by atoms with Crippen LogP contribution in [0.15, 0.2) is 6.07 Å². The topological polar surface area (TPSA) is 12.0 Å². The molecule has 2 heteroatoms.